The average Bonchev–Trinajstić information content (AvgIpc) is 3.67. The summed E-state index contributed by atoms with van der Waals surface area (Å²) in [5.41, 5.74) is -5.19. The van der Waals surface area contributed by atoms with E-state index in [0.29, 0.717) is 5.69 Å². The minimum atomic E-state index is -5.66. The Bertz CT molecular complexity index is 1720. The molecular formula is C24H22F4N2O6S3. The van der Waals surface area contributed by atoms with Crippen molar-refractivity contribution in [3.63, 3.8) is 0 Å². The van der Waals surface area contributed by atoms with E-state index in [1.54, 1.807) is 0 Å². The predicted molar refractivity (Wildman–Crippen MR) is 133 cm³/mol. The number of nitrogens with one attached hydrogen (secondary N) is 2. The maximum Gasteiger partial charge on any atom is 0.511 e. The van der Waals surface area contributed by atoms with Crippen LogP contribution in [-0.2, 0) is 29.7 Å². The van der Waals surface area contributed by atoms with Crippen LogP contribution in [0.1, 0.15) is 31.4 Å². The standard InChI is InChI=1S/C24H22F4N2O6S3/c1-15(30-39(35,36)24(26,27)28)16-6-11-19(12-7-16)37(31,32)22-13-10-18(29-17-8-9-17)14-23(22)38(33,34)21-5-3-2-4-20(21)25/h2-7,10-15,17,29-30H,8-9H2,1H3/t15-/m0/s1. The highest BCUT2D eigenvalue weighted by Crippen LogP contribution is 2.36. The molecule has 1 aliphatic rings. The maximum atomic E-state index is 14.5. The first-order valence-electron chi connectivity index (χ1n) is 11.4. The molecule has 0 aliphatic heterocycles. The van der Waals surface area contributed by atoms with Gasteiger partial charge in [-0.25, -0.2) is 34.4 Å². The second-order valence-corrected chi connectivity index (χ2v) is 14.4. The van der Waals surface area contributed by atoms with Gasteiger partial charge in [0.2, 0.25) is 19.7 Å². The number of halogens is 4. The van der Waals surface area contributed by atoms with E-state index in [0.717, 1.165) is 68.3 Å². The summed E-state index contributed by atoms with van der Waals surface area (Å²) in [6.45, 7) is 1.14. The minimum Gasteiger partial charge on any atom is -0.382 e. The number of anilines is 1. The molecule has 1 aliphatic carbocycles. The molecule has 210 valence electrons. The molecule has 0 heterocycles. The fraction of sp³-hybridized carbons (Fsp3) is 0.250. The molecule has 0 radical (unpaired) electrons. The summed E-state index contributed by atoms with van der Waals surface area (Å²) < 4.78 is 131. The second kappa shape index (κ2) is 10.2. The minimum absolute atomic E-state index is 0.0185. The highest BCUT2D eigenvalue weighted by atomic mass is 32.2. The molecule has 0 spiro atoms. The van der Waals surface area contributed by atoms with Crippen LogP contribution in [0.2, 0.25) is 0 Å². The summed E-state index contributed by atoms with van der Waals surface area (Å²) >= 11 is 0. The molecule has 2 N–H and O–H groups in total. The van der Waals surface area contributed by atoms with Crippen molar-refractivity contribution in [1.82, 2.24) is 4.72 Å². The molecule has 4 rings (SSSR count). The van der Waals surface area contributed by atoms with Gasteiger partial charge in [0.25, 0.3) is 0 Å². The smallest absolute Gasteiger partial charge is 0.382 e. The van der Waals surface area contributed by atoms with E-state index < -0.39 is 66.6 Å². The third-order valence-corrected chi connectivity index (χ3v) is 11.0. The Labute approximate surface area is 223 Å². The molecule has 1 atom stereocenters. The number of alkyl halides is 3. The van der Waals surface area contributed by atoms with Gasteiger partial charge in [0.15, 0.2) is 0 Å². The highest BCUT2D eigenvalue weighted by Gasteiger charge is 2.46. The van der Waals surface area contributed by atoms with Crippen molar-refractivity contribution in [1.29, 1.82) is 0 Å². The average molecular weight is 607 g/mol. The third kappa shape index (κ3) is 5.95. The Balaban J connectivity index is 1.75. The lowest BCUT2D eigenvalue weighted by Crippen LogP contribution is -2.37. The van der Waals surface area contributed by atoms with E-state index in [-0.39, 0.29) is 11.6 Å². The summed E-state index contributed by atoms with van der Waals surface area (Å²) in [5.74, 6) is -1.07. The summed E-state index contributed by atoms with van der Waals surface area (Å²) in [6.07, 6.45) is 1.69. The van der Waals surface area contributed by atoms with Crippen LogP contribution in [0, 0.1) is 5.82 Å². The van der Waals surface area contributed by atoms with Crippen molar-refractivity contribution in [2.45, 2.75) is 56.9 Å². The van der Waals surface area contributed by atoms with Crippen molar-refractivity contribution in [3.05, 3.63) is 78.1 Å². The first-order chi connectivity index (χ1) is 18.0. The van der Waals surface area contributed by atoms with Gasteiger partial charge in [-0.1, -0.05) is 24.3 Å². The molecule has 1 saturated carbocycles. The van der Waals surface area contributed by atoms with Gasteiger partial charge in [-0.2, -0.15) is 13.2 Å². The number of benzene rings is 3. The van der Waals surface area contributed by atoms with Gasteiger partial charge >= 0.3 is 15.5 Å². The van der Waals surface area contributed by atoms with E-state index in [1.807, 2.05) is 0 Å². The van der Waals surface area contributed by atoms with Gasteiger partial charge in [-0.15, -0.1) is 0 Å². The lowest BCUT2D eigenvalue weighted by Gasteiger charge is -2.17. The Morgan fingerprint density at radius 2 is 1.41 bits per heavy atom. The first-order valence-corrected chi connectivity index (χ1v) is 15.8. The van der Waals surface area contributed by atoms with Gasteiger partial charge in [0.1, 0.15) is 10.7 Å². The van der Waals surface area contributed by atoms with Crippen LogP contribution >= 0.6 is 0 Å². The SMILES string of the molecule is C[C@H](NS(=O)(=O)C(F)(F)F)c1ccc(S(=O)(=O)c2ccc(NC3CC3)cc2S(=O)(=O)c2ccccc2F)cc1. The van der Waals surface area contributed by atoms with Gasteiger partial charge in [0, 0.05) is 17.8 Å². The van der Waals surface area contributed by atoms with Crippen LogP contribution in [0.4, 0.5) is 23.2 Å². The fourth-order valence-corrected chi connectivity index (χ4v) is 7.85. The second-order valence-electron chi connectivity index (χ2n) is 8.88. The van der Waals surface area contributed by atoms with Gasteiger partial charge in [-0.05, 0) is 67.8 Å². The maximum absolute atomic E-state index is 14.5. The highest BCUT2D eigenvalue weighted by molar-refractivity contribution is 7.94. The zero-order valence-corrected chi connectivity index (χ0v) is 22.6. The third-order valence-electron chi connectivity index (χ3n) is 5.92. The molecule has 0 saturated heterocycles. The zero-order valence-electron chi connectivity index (χ0n) is 20.1. The first kappa shape index (κ1) is 29.0. The van der Waals surface area contributed by atoms with E-state index >= 15 is 0 Å². The number of hydrogen-bond acceptors (Lipinski definition) is 7. The molecule has 3 aromatic carbocycles. The lowest BCUT2D eigenvalue weighted by atomic mass is 10.1. The van der Waals surface area contributed by atoms with Crippen LogP contribution in [0.25, 0.3) is 0 Å². The topological polar surface area (TPSA) is 126 Å². The van der Waals surface area contributed by atoms with Gasteiger partial charge in [0.05, 0.1) is 14.7 Å². The number of sulfone groups is 2. The normalized spacial score (nSPS) is 15.6. The molecule has 3 aromatic rings. The van der Waals surface area contributed by atoms with Crippen LogP contribution in [-0.4, -0.2) is 36.8 Å². The molecule has 0 bridgehead atoms. The molecule has 0 unspecified atom stereocenters. The molecule has 0 amide bonds. The predicted octanol–water partition coefficient (Wildman–Crippen LogP) is 4.57. The van der Waals surface area contributed by atoms with Crippen molar-refractivity contribution < 1.29 is 42.8 Å². The monoisotopic (exact) mass is 606 g/mol. The lowest BCUT2D eigenvalue weighted by molar-refractivity contribution is -0.0450. The summed E-state index contributed by atoms with van der Waals surface area (Å²) in [5, 5.41) is 3.07. The number of sulfonamides is 1. The van der Waals surface area contributed by atoms with E-state index in [9.17, 15) is 42.8 Å². The van der Waals surface area contributed by atoms with Crippen molar-refractivity contribution in [2.24, 2.45) is 0 Å². The van der Waals surface area contributed by atoms with Crippen LogP contribution in [0.3, 0.4) is 0 Å². The molecule has 8 nitrogen and oxygen atoms in total. The summed E-state index contributed by atoms with van der Waals surface area (Å²) in [4.78, 5) is -2.42. The molecule has 0 aromatic heterocycles. The molecular weight excluding hydrogens is 584 g/mol. The molecule has 1 fully saturated rings. The van der Waals surface area contributed by atoms with E-state index in [1.165, 1.54) is 22.9 Å². The van der Waals surface area contributed by atoms with E-state index in [2.05, 4.69) is 5.32 Å². The van der Waals surface area contributed by atoms with Crippen LogP contribution in [0.15, 0.2) is 86.3 Å². The van der Waals surface area contributed by atoms with Crippen LogP contribution in [0.5, 0.6) is 0 Å². The van der Waals surface area contributed by atoms with Crippen molar-refractivity contribution in [2.75, 3.05) is 5.32 Å². The Hall–Kier alpha value is -3.01. The zero-order chi connectivity index (χ0) is 28.8. The number of hydrogen-bond donors (Lipinski definition) is 2. The Morgan fingerprint density at radius 3 is 1.97 bits per heavy atom. The quantitative estimate of drug-likeness (QED) is 0.342. The van der Waals surface area contributed by atoms with Gasteiger partial charge < -0.3 is 5.32 Å². The fourth-order valence-electron chi connectivity index (χ4n) is 3.70. The van der Waals surface area contributed by atoms with Crippen molar-refractivity contribution in [3.8, 4) is 0 Å². The summed E-state index contributed by atoms with van der Waals surface area (Å²) in [6, 6.07) is 11.1. The van der Waals surface area contributed by atoms with Crippen LogP contribution < -0.4 is 10.0 Å². The van der Waals surface area contributed by atoms with Crippen molar-refractivity contribution >= 4 is 35.4 Å². The largest absolute Gasteiger partial charge is 0.511 e. The summed E-state index contributed by atoms with van der Waals surface area (Å²) in [7, 11) is -14.9. The number of rotatable bonds is 9. The molecule has 39 heavy (non-hydrogen) atoms. The Kier molecular flexibility index (Phi) is 7.57. The van der Waals surface area contributed by atoms with Gasteiger partial charge in [-0.3, -0.25) is 0 Å². The molecule has 15 heteroatoms. The Morgan fingerprint density at radius 1 is 0.795 bits per heavy atom. The van der Waals surface area contributed by atoms with E-state index in [4.69, 9.17) is 0 Å².